The largest absolute Gasteiger partial charge is 0.339 e. The number of nitrogens with zero attached hydrogens (tertiary/aromatic N) is 6. The third-order valence-electron chi connectivity index (χ3n) is 10.5. The van der Waals surface area contributed by atoms with Gasteiger partial charge in [-0.1, -0.05) is 54.6 Å². The van der Waals surface area contributed by atoms with Crippen molar-refractivity contribution in [2.45, 2.75) is 37.4 Å². The Bertz CT molecular complexity index is 1940. The SMILES string of the molecule is CN(C(=O)c1ccc(-c2ccccn2)cc1)C1CC(N(C)C(=O)c2ccc(-c3ccccn3)cc2)CC(N(C)C(=O)c2ccc(-c3ccccn3)cc2)C1. The molecule has 1 aliphatic carbocycles. The van der Waals surface area contributed by atoms with Crippen LogP contribution >= 0.6 is 0 Å². The molecule has 9 nitrogen and oxygen atoms in total. The van der Waals surface area contributed by atoms with Gasteiger partial charge in [0.05, 0.1) is 17.1 Å². The fraction of sp³-hybridized carbons (Fsp3) is 0.200. The lowest BCUT2D eigenvalue weighted by Gasteiger charge is -2.45. The maximum absolute atomic E-state index is 14.0. The van der Waals surface area contributed by atoms with Crippen LogP contribution in [0.15, 0.2) is 146 Å². The second-order valence-corrected chi connectivity index (χ2v) is 13.8. The summed E-state index contributed by atoms with van der Waals surface area (Å²) < 4.78 is 0. The van der Waals surface area contributed by atoms with Gasteiger partial charge in [0.25, 0.3) is 17.7 Å². The molecule has 1 fully saturated rings. The number of aromatic nitrogens is 3. The van der Waals surface area contributed by atoms with Crippen LogP contribution in [-0.4, -0.2) is 86.6 Å². The highest BCUT2D eigenvalue weighted by atomic mass is 16.2. The van der Waals surface area contributed by atoms with E-state index < -0.39 is 0 Å². The van der Waals surface area contributed by atoms with E-state index in [2.05, 4.69) is 15.0 Å². The molecule has 3 aromatic heterocycles. The van der Waals surface area contributed by atoms with Crippen molar-refractivity contribution in [3.63, 3.8) is 0 Å². The highest BCUT2D eigenvalue weighted by Gasteiger charge is 2.39. The molecule has 0 unspecified atom stereocenters. The molecule has 9 heteroatoms. The van der Waals surface area contributed by atoms with Crippen LogP contribution in [0.25, 0.3) is 33.8 Å². The first-order valence-electron chi connectivity index (χ1n) is 18.1. The monoisotopic (exact) mass is 714 g/mol. The van der Waals surface area contributed by atoms with Crippen LogP contribution in [0, 0.1) is 0 Å². The van der Waals surface area contributed by atoms with Crippen LogP contribution in [0.2, 0.25) is 0 Å². The molecular weight excluding hydrogens is 673 g/mol. The number of benzene rings is 3. The molecule has 1 aliphatic rings. The maximum atomic E-state index is 14.0. The normalized spacial score (nSPS) is 16.6. The standard InChI is InChI=1S/C45H42N6O3/c1-49(43(52)34-19-13-31(14-20-34)40-10-4-7-25-46-40)37-28-38(50(2)44(53)35-21-15-32(16-22-35)41-11-5-8-26-47-41)30-39(29-37)51(3)45(54)36-23-17-33(18-24-36)42-12-6-9-27-48-42/h4-27,37-39H,28-30H2,1-3H3. The molecule has 54 heavy (non-hydrogen) atoms. The van der Waals surface area contributed by atoms with Gasteiger partial charge in [-0.2, -0.15) is 0 Å². The van der Waals surface area contributed by atoms with Crippen LogP contribution in [0.3, 0.4) is 0 Å². The Morgan fingerprint density at radius 2 is 0.667 bits per heavy atom. The van der Waals surface area contributed by atoms with Crippen LogP contribution in [0.4, 0.5) is 0 Å². The quantitative estimate of drug-likeness (QED) is 0.152. The summed E-state index contributed by atoms with van der Waals surface area (Å²) in [4.78, 5) is 60.6. The number of pyridine rings is 3. The van der Waals surface area contributed by atoms with Crippen molar-refractivity contribution >= 4 is 17.7 Å². The van der Waals surface area contributed by atoms with Crippen molar-refractivity contribution in [2.75, 3.05) is 21.1 Å². The third kappa shape index (κ3) is 7.80. The van der Waals surface area contributed by atoms with Gasteiger partial charge in [0.15, 0.2) is 0 Å². The summed E-state index contributed by atoms with van der Waals surface area (Å²) >= 11 is 0. The minimum absolute atomic E-state index is 0.120. The zero-order valence-corrected chi connectivity index (χ0v) is 30.6. The molecular formula is C45H42N6O3. The summed E-state index contributed by atoms with van der Waals surface area (Å²) in [6.45, 7) is 0. The molecule has 7 rings (SSSR count). The van der Waals surface area contributed by atoms with Crippen molar-refractivity contribution in [1.82, 2.24) is 29.7 Å². The molecule has 0 saturated heterocycles. The second kappa shape index (κ2) is 16.0. The van der Waals surface area contributed by atoms with Gasteiger partial charge in [-0.15, -0.1) is 0 Å². The van der Waals surface area contributed by atoms with Crippen molar-refractivity contribution in [3.8, 4) is 33.8 Å². The number of carbonyl (C=O) groups is 3. The number of amides is 3. The summed E-state index contributed by atoms with van der Waals surface area (Å²) in [6.07, 6.45) is 6.95. The van der Waals surface area contributed by atoms with E-state index in [1.807, 2.05) is 149 Å². The minimum Gasteiger partial charge on any atom is -0.339 e. The summed E-state index contributed by atoms with van der Waals surface area (Å²) in [5, 5.41) is 0. The Labute approximate surface area is 316 Å². The van der Waals surface area contributed by atoms with E-state index in [-0.39, 0.29) is 35.8 Å². The highest BCUT2D eigenvalue weighted by Crippen LogP contribution is 2.32. The van der Waals surface area contributed by atoms with Crippen molar-refractivity contribution < 1.29 is 14.4 Å². The lowest BCUT2D eigenvalue weighted by atomic mass is 9.84. The summed E-state index contributed by atoms with van der Waals surface area (Å²) in [5.41, 5.74) is 6.96. The zero-order valence-electron chi connectivity index (χ0n) is 30.6. The Morgan fingerprint density at radius 3 is 0.889 bits per heavy atom. The Hall–Kier alpha value is -6.48. The molecule has 270 valence electrons. The first-order valence-corrected chi connectivity index (χ1v) is 18.1. The van der Waals surface area contributed by atoms with Crippen LogP contribution in [-0.2, 0) is 0 Å². The van der Waals surface area contributed by atoms with E-state index in [0.717, 1.165) is 33.8 Å². The second-order valence-electron chi connectivity index (χ2n) is 13.8. The highest BCUT2D eigenvalue weighted by molar-refractivity contribution is 5.96. The van der Waals surface area contributed by atoms with Gasteiger partial charge in [-0.3, -0.25) is 29.3 Å². The topological polar surface area (TPSA) is 99.6 Å². The van der Waals surface area contributed by atoms with Crippen LogP contribution in [0.1, 0.15) is 50.3 Å². The molecule has 3 aromatic carbocycles. The first kappa shape index (κ1) is 35.9. The van der Waals surface area contributed by atoms with E-state index in [1.165, 1.54) is 0 Å². The van der Waals surface area contributed by atoms with Gasteiger partial charge in [0.1, 0.15) is 0 Å². The van der Waals surface area contributed by atoms with E-state index in [0.29, 0.717) is 36.0 Å². The van der Waals surface area contributed by atoms with Crippen LogP contribution < -0.4 is 0 Å². The van der Waals surface area contributed by atoms with Gasteiger partial charge in [-0.25, -0.2) is 0 Å². The number of hydrogen-bond acceptors (Lipinski definition) is 6. The van der Waals surface area contributed by atoms with Gasteiger partial charge in [0, 0.05) is 91.2 Å². The van der Waals surface area contributed by atoms with Gasteiger partial charge in [-0.05, 0) is 92.1 Å². The predicted molar refractivity (Wildman–Crippen MR) is 211 cm³/mol. The van der Waals surface area contributed by atoms with Gasteiger partial charge >= 0.3 is 0 Å². The molecule has 1 saturated carbocycles. The first-order chi connectivity index (χ1) is 26.3. The van der Waals surface area contributed by atoms with E-state index in [1.54, 1.807) is 33.3 Å². The lowest BCUT2D eigenvalue weighted by Crippen LogP contribution is -2.54. The molecule has 0 bridgehead atoms. The van der Waals surface area contributed by atoms with Crippen LogP contribution in [0.5, 0.6) is 0 Å². The Kier molecular flexibility index (Phi) is 10.7. The average Bonchev–Trinajstić information content (AvgIpc) is 3.25. The summed E-state index contributed by atoms with van der Waals surface area (Å²) in [6, 6.07) is 38.9. The van der Waals surface area contributed by atoms with Crippen molar-refractivity contribution in [3.05, 3.63) is 163 Å². The molecule has 0 radical (unpaired) electrons. The fourth-order valence-corrected chi connectivity index (χ4v) is 7.24. The zero-order chi connectivity index (χ0) is 37.6. The van der Waals surface area contributed by atoms with E-state index >= 15 is 0 Å². The van der Waals surface area contributed by atoms with Crippen molar-refractivity contribution in [1.29, 1.82) is 0 Å². The predicted octanol–water partition coefficient (Wildman–Crippen LogP) is 7.78. The summed E-state index contributed by atoms with van der Waals surface area (Å²) in [5.74, 6) is -0.361. The number of carbonyl (C=O) groups excluding carboxylic acids is 3. The molecule has 0 aliphatic heterocycles. The third-order valence-corrected chi connectivity index (χ3v) is 10.5. The van der Waals surface area contributed by atoms with E-state index in [4.69, 9.17) is 0 Å². The average molecular weight is 715 g/mol. The molecule has 3 amide bonds. The Balaban J connectivity index is 1.12. The fourth-order valence-electron chi connectivity index (χ4n) is 7.24. The molecule has 0 atom stereocenters. The van der Waals surface area contributed by atoms with Crippen molar-refractivity contribution in [2.24, 2.45) is 0 Å². The van der Waals surface area contributed by atoms with Gasteiger partial charge in [0.2, 0.25) is 0 Å². The maximum Gasteiger partial charge on any atom is 0.253 e. The molecule has 3 heterocycles. The number of rotatable bonds is 9. The molecule has 0 spiro atoms. The molecule has 6 aromatic rings. The molecule has 0 N–H and O–H groups in total. The van der Waals surface area contributed by atoms with Gasteiger partial charge < -0.3 is 14.7 Å². The minimum atomic E-state index is -0.236. The Morgan fingerprint density at radius 1 is 0.407 bits per heavy atom. The number of hydrogen-bond donors (Lipinski definition) is 0. The van der Waals surface area contributed by atoms with E-state index in [9.17, 15) is 14.4 Å². The summed E-state index contributed by atoms with van der Waals surface area (Å²) in [7, 11) is 5.44. The lowest BCUT2D eigenvalue weighted by molar-refractivity contribution is 0.0365. The smallest absolute Gasteiger partial charge is 0.253 e.